The summed E-state index contributed by atoms with van der Waals surface area (Å²) in [7, 11) is 0. The van der Waals surface area contributed by atoms with Crippen molar-refractivity contribution in [1.29, 1.82) is 0 Å². The van der Waals surface area contributed by atoms with Crippen LogP contribution in [0.5, 0.6) is 0 Å². The molecule has 0 aliphatic rings. The predicted octanol–water partition coefficient (Wildman–Crippen LogP) is 2.65. The Morgan fingerprint density at radius 2 is 2.19 bits per heavy atom. The number of anilines is 1. The summed E-state index contributed by atoms with van der Waals surface area (Å²) in [6.45, 7) is 9.55. The van der Waals surface area contributed by atoms with E-state index in [2.05, 4.69) is 36.4 Å². The lowest BCUT2D eigenvalue weighted by molar-refractivity contribution is 0.668. The highest BCUT2D eigenvalue weighted by Crippen LogP contribution is 2.13. The van der Waals surface area contributed by atoms with E-state index in [1.54, 1.807) is 0 Å². The van der Waals surface area contributed by atoms with Crippen LogP contribution in [0.4, 0.5) is 5.69 Å². The van der Waals surface area contributed by atoms with Crippen LogP contribution in [0.2, 0.25) is 0 Å². The molecule has 0 unspecified atom stereocenters. The van der Waals surface area contributed by atoms with Crippen molar-refractivity contribution in [2.75, 3.05) is 18.4 Å². The van der Waals surface area contributed by atoms with Crippen molar-refractivity contribution in [3.63, 3.8) is 0 Å². The minimum Gasteiger partial charge on any atom is -0.384 e. The van der Waals surface area contributed by atoms with E-state index in [1.165, 1.54) is 11.3 Å². The van der Waals surface area contributed by atoms with Gasteiger partial charge >= 0.3 is 0 Å². The highest BCUT2D eigenvalue weighted by atomic mass is 14.9. The molecular formula is C13H23N3. The summed E-state index contributed by atoms with van der Waals surface area (Å²) < 4.78 is 0. The van der Waals surface area contributed by atoms with Crippen LogP contribution in [0.25, 0.3) is 0 Å². The van der Waals surface area contributed by atoms with E-state index in [4.69, 9.17) is 0 Å². The molecule has 16 heavy (non-hydrogen) atoms. The van der Waals surface area contributed by atoms with E-state index in [9.17, 15) is 0 Å². The SMILES string of the molecule is CCCNCc1cnccc1NCC(C)C. The molecule has 2 N–H and O–H groups in total. The molecule has 0 fully saturated rings. The molecule has 0 aromatic carbocycles. The van der Waals surface area contributed by atoms with Gasteiger partial charge < -0.3 is 10.6 Å². The molecule has 1 aromatic rings. The number of hydrogen-bond donors (Lipinski definition) is 2. The van der Waals surface area contributed by atoms with E-state index in [-0.39, 0.29) is 0 Å². The largest absolute Gasteiger partial charge is 0.384 e. The van der Waals surface area contributed by atoms with Gasteiger partial charge in [0, 0.05) is 36.7 Å². The topological polar surface area (TPSA) is 37.0 Å². The van der Waals surface area contributed by atoms with Gasteiger partial charge in [0.05, 0.1) is 0 Å². The van der Waals surface area contributed by atoms with Crippen LogP contribution in [0.15, 0.2) is 18.5 Å². The molecule has 0 amide bonds. The number of pyridine rings is 1. The summed E-state index contributed by atoms with van der Waals surface area (Å²) in [5.41, 5.74) is 2.45. The van der Waals surface area contributed by atoms with Crippen molar-refractivity contribution in [3.05, 3.63) is 24.0 Å². The fourth-order valence-electron chi connectivity index (χ4n) is 1.45. The number of hydrogen-bond acceptors (Lipinski definition) is 3. The van der Waals surface area contributed by atoms with Crippen molar-refractivity contribution in [2.45, 2.75) is 33.7 Å². The van der Waals surface area contributed by atoms with Crippen LogP contribution in [0.3, 0.4) is 0 Å². The van der Waals surface area contributed by atoms with Crippen LogP contribution in [-0.2, 0) is 6.54 Å². The van der Waals surface area contributed by atoms with Gasteiger partial charge in [-0.05, 0) is 24.9 Å². The van der Waals surface area contributed by atoms with Crippen LogP contribution in [0, 0.1) is 5.92 Å². The lowest BCUT2D eigenvalue weighted by Crippen LogP contribution is -2.16. The maximum absolute atomic E-state index is 4.17. The average Bonchev–Trinajstić information content (AvgIpc) is 2.28. The molecule has 3 nitrogen and oxygen atoms in total. The number of nitrogens with zero attached hydrogens (tertiary/aromatic N) is 1. The second-order valence-corrected chi connectivity index (χ2v) is 4.48. The van der Waals surface area contributed by atoms with Gasteiger partial charge in [-0.1, -0.05) is 20.8 Å². The average molecular weight is 221 g/mol. The molecule has 0 bridgehead atoms. The quantitative estimate of drug-likeness (QED) is 0.695. The second-order valence-electron chi connectivity index (χ2n) is 4.48. The zero-order chi connectivity index (χ0) is 11.8. The van der Waals surface area contributed by atoms with E-state index in [0.717, 1.165) is 26.1 Å². The molecule has 0 spiro atoms. The maximum Gasteiger partial charge on any atom is 0.0416 e. The fraction of sp³-hybridized carbons (Fsp3) is 0.615. The summed E-state index contributed by atoms with van der Waals surface area (Å²) in [4.78, 5) is 4.17. The van der Waals surface area contributed by atoms with Gasteiger partial charge in [-0.25, -0.2) is 0 Å². The molecule has 1 aromatic heterocycles. The second kappa shape index (κ2) is 7.23. The molecule has 90 valence electrons. The Labute approximate surface area is 98.7 Å². The molecule has 0 atom stereocenters. The third kappa shape index (κ3) is 4.62. The summed E-state index contributed by atoms with van der Waals surface area (Å²) in [5, 5.41) is 6.86. The first-order chi connectivity index (χ1) is 7.74. The van der Waals surface area contributed by atoms with Gasteiger partial charge in [0.25, 0.3) is 0 Å². The number of nitrogens with one attached hydrogen (secondary N) is 2. The third-order valence-electron chi connectivity index (χ3n) is 2.35. The Bertz CT molecular complexity index is 297. The first-order valence-corrected chi connectivity index (χ1v) is 6.11. The molecular weight excluding hydrogens is 198 g/mol. The van der Waals surface area contributed by atoms with Gasteiger partial charge in [-0.3, -0.25) is 4.98 Å². The van der Waals surface area contributed by atoms with Crippen molar-refractivity contribution in [2.24, 2.45) is 5.92 Å². The Morgan fingerprint density at radius 3 is 2.88 bits per heavy atom. The molecule has 0 saturated carbocycles. The van der Waals surface area contributed by atoms with Gasteiger partial charge in [-0.15, -0.1) is 0 Å². The summed E-state index contributed by atoms with van der Waals surface area (Å²) in [6.07, 6.45) is 4.94. The smallest absolute Gasteiger partial charge is 0.0416 e. The Kier molecular flexibility index (Phi) is 5.86. The monoisotopic (exact) mass is 221 g/mol. The highest BCUT2D eigenvalue weighted by Gasteiger charge is 2.02. The van der Waals surface area contributed by atoms with Crippen LogP contribution < -0.4 is 10.6 Å². The molecule has 1 rings (SSSR count). The van der Waals surface area contributed by atoms with Crippen molar-refractivity contribution in [1.82, 2.24) is 10.3 Å². The van der Waals surface area contributed by atoms with Crippen molar-refractivity contribution in [3.8, 4) is 0 Å². The van der Waals surface area contributed by atoms with Crippen LogP contribution in [0.1, 0.15) is 32.8 Å². The first kappa shape index (κ1) is 13.0. The Balaban J connectivity index is 2.53. The molecule has 1 heterocycles. The Morgan fingerprint density at radius 1 is 1.38 bits per heavy atom. The van der Waals surface area contributed by atoms with Gasteiger partial charge in [0.15, 0.2) is 0 Å². The van der Waals surface area contributed by atoms with Crippen LogP contribution in [-0.4, -0.2) is 18.1 Å². The van der Waals surface area contributed by atoms with E-state index in [0.29, 0.717) is 5.92 Å². The van der Waals surface area contributed by atoms with Gasteiger partial charge in [0.1, 0.15) is 0 Å². The lowest BCUT2D eigenvalue weighted by atomic mass is 10.2. The van der Waals surface area contributed by atoms with Crippen molar-refractivity contribution < 1.29 is 0 Å². The standard InChI is InChI=1S/C13H23N3/c1-4-6-14-9-12-10-15-7-5-13(12)16-8-11(2)3/h5,7,10-11,14H,4,6,8-9H2,1-3H3,(H,15,16). The van der Waals surface area contributed by atoms with E-state index >= 15 is 0 Å². The zero-order valence-electron chi connectivity index (χ0n) is 10.6. The predicted molar refractivity (Wildman–Crippen MR) is 69.6 cm³/mol. The van der Waals surface area contributed by atoms with Crippen molar-refractivity contribution >= 4 is 5.69 Å². The van der Waals surface area contributed by atoms with E-state index in [1.807, 2.05) is 18.5 Å². The lowest BCUT2D eigenvalue weighted by Gasteiger charge is -2.13. The molecule has 3 heteroatoms. The number of aromatic nitrogens is 1. The summed E-state index contributed by atoms with van der Waals surface area (Å²) in [6, 6.07) is 2.05. The highest BCUT2D eigenvalue weighted by molar-refractivity contribution is 5.49. The van der Waals surface area contributed by atoms with E-state index < -0.39 is 0 Å². The minimum atomic E-state index is 0.657. The zero-order valence-corrected chi connectivity index (χ0v) is 10.6. The molecule has 0 saturated heterocycles. The molecule has 0 aliphatic heterocycles. The van der Waals surface area contributed by atoms with Gasteiger partial charge in [0.2, 0.25) is 0 Å². The van der Waals surface area contributed by atoms with Gasteiger partial charge in [-0.2, -0.15) is 0 Å². The minimum absolute atomic E-state index is 0.657. The maximum atomic E-state index is 4.17. The normalized spacial score (nSPS) is 10.8. The van der Waals surface area contributed by atoms with Crippen LogP contribution >= 0.6 is 0 Å². The Hall–Kier alpha value is -1.09. The third-order valence-corrected chi connectivity index (χ3v) is 2.35. The molecule has 0 aliphatic carbocycles. The first-order valence-electron chi connectivity index (χ1n) is 6.11. The number of rotatable bonds is 7. The molecule has 0 radical (unpaired) electrons. The fourth-order valence-corrected chi connectivity index (χ4v) is 1.45. The summed E-state index contributed by atoms with van der Waals surface area (Å²) in [5.74, 6) is 0.657. The summed E-state index contributed by atoms with van der Waals surface area (Å²) >= 11 is 0.